The summed E-state index contributed by atoms with van der Waals surface area (Å²) in [5, 5.41) is 6.71. The summed E-state index contributed by atoms with van der Waals surface area (Å²) in [7, 11) is -4.35. The van der Waals surface area contributed by atoms with Crippen LogP contribution >= 0.6 is 0 Å². The number of carbonyl (C=O) groups excluding carboxylic acids is 1. The predicted octanol–water partition coefficient (Wildman–Crippen LogP) is 1.95. The van der Waals surface area contributed by atoms with Gasteiger partial charge in [-0.2, -0.15) is 13.5 Å². The van der Waals surface area contributed by atoms with Crippen molar-refractivity contribution >= 4 is 28.1 Å². The molecular formula is C20H26N4O6S. The molecule has 0 aliphatic rings. The molecule has 10 nitrogen and oxygen atoms in total. The van der Waals surface area contributed by atoms with E-state index in [0.29, 0.717) is 50.8 Å². The maximum atomic E-state index is 12.1. The van der Waals surface area contributed by atoms with Gasteiger partial charge in [0.25, 0.3) is 16.0 Å². The lowest BCUT2D eigenvalue weighted by Gasteiger charge is -2.07. The molecule has 3 N–H and O–H groups in total. The second kappa shape index (κ2) is 12.7. The van der Waals surface area contributed by atoms with Crippen LogP contribution in [0.3, 0.4) is 0 Å². The third-order valence-corrected chi connectivity index (χ3v) is 4.86. The van der Waals surface area contributed by atoms with Crippen LogP contribution in [0.1, 0.15) is 29.3 Å². The maximum absolute atomic E-state index is 12.1. The van der Waals surface area contributed by atoms with Gasteiger partial charge in [-0.15, -0.1) is 0 Å². The fourth-order valence-corrected chi connectivity index (χ4v) is 3.10. The minimum Gasteiger partial charge on any atom is -0.379 e. The monoisotopic (exact) mass is 450 g/mol. The number of benzene rings is 1. The maximum Gasteiger partial charge on any atom is 0.295 e. The Labute approximate surface area is 181 Å². The molecule has 2 rings (SSSR count). The molecule has 11 heteroatoms. The van der Waals surface area contributed by atoms with Crippen LogP contribution in [0.25, 0.3) is 0 Å². The first-order valence-corrected chi connectivity index (χ1v) is 11.1. The minimum absolute atomic E-state index is 0.218. The second-order valence-corrected chi connectivity index (χ2v) is 7.62. The molecule has 1 aromatic carbocycles. The average Bonchev–Trinajstić information content (AvgIpc) is 2.75. The van der Waals surface area contributed by atoms with Crippen LogP contribution in [0, 0.1) is 0 Å². The van der Waals surface area contributed by atoms with Gasteiger partial charge in [0, 0.05) is 31.5 Å². The van der Waals surface area contributed by atoms with Crippen molar-refractivity contribution in [3.05, 3.63) is 53.7 Å². The van der Waals surface area contributed by atoms with E-state index in [1.54, 1.807) is 18.2 Å². The first-order chi connectivity index (χ1) is 14.9. The molecule has 0 radical (unpaired) electrons. The first-order valence-electron chi connectivity index (χ1n) is 9.67. The average molecular weight is 451 g/mol. The Balaban J connectivity index is 1.78. The summed E-state index contributed by atoms with van der Waals surface area (Å²) >= 11 is 0. The van der Waals surface area contributed by atoms with Gasteiger partial charge in [0.1, 0.15) is 10.7 Å². The number of rotatable bonds is 13. The van der Waals surface area contributed by atoms with E-state index >= 15 is 0 Å². The molecule has 0 saturated carbocycles. The van der Waals surface area contributed by atoms with E-state index in [-0.39, 0.29) is 16.4 Å². The highest BCUT2D eigenvalue weighted by Crippen LogP contribution is 2.13. The summed E-state index contributed by atoms with van der Waals surface area (Å²) in [5.74, 6) is 0.110. The highest BCUT2D eigenvalue weighted by molar-refractivity contribution is 7.86. The highest BCUT2D eigenvalue weighted by atomic mass is 32.2. The van der Waals surface area contributed by atoms with E-state index in [1.165, 1.54) is 30.6 Å². The Morgan fingerprint density at radius 2 is 1.94 bits per heavy atom. The lowest BCUT2D eigenvalue weighted by atomic mass is 10.2. The largest absolute Gasteiger partial charge is 0.379 e. The van der Waals surface area contributed by atoms with Gasteiger partial charge in [-0.25, -0.2) is 4.98 Å². The lowest BCUT2D eigenvalue weighted by Crippen LogP contribution is -2.25. The van der Waals surface area contributed by atoms with Crippen molar-refractivity contribution in [1.82, 2.24) is 10.3 Å². The van der Waals surface area contributed by atoms with Gasteiger partial charge in [0.2, 0.25) is 0 Å². The molecule has 0 bridgehead atoms. The molecule has 31 heavy (non-hydrogen) atoms. The van der Waals surface area contributed by atoms with Crippen LogP contribution in [0.5, 0.6) is 0 Å². The van der Waals surface area contributed by atoms with Crippen molar-refractivity contribution < 1.29 is 27.2 Å². The Morgan fingerprint density at radius 1 is 1.16 bits per heavy atom. The molecule has 2 aromatic rings. The summed E-state index contributed by atoms with van der Waals surface area (Å²) in [4.78, 5) is 16.0. The Morgan fingerprint density at radius 3 is 2.65 bits per heavy atom. The van der Waals surface area contributed by atoms with Gasteiger partial charge in [0.15, 0.2) is 0 Å². The molecule has 0 unspecified atom stereocenters. The number of hydrogen-bond donors (Lipinski definition) is 3. The summed E-state index contributed by atoms with van der Waals surface area (Å²) < 4.78 is 42.5. The van der Waals surface area contributed by atoms with Gasteiger partial charge < -0.3 is 14.8 Å². The lowest BCUT2D eigenvalue weighted by molar-refractivity contribution is 0.0518. The quantitative estimate of drug-likeness (QED) is 0.182. The van der Waals surface area contributed by atoms with Crippen LogP contribution in [0.15, 0.2) is 52.6 Å². The molecule has 1 amide bonds. The van der Waals surface area contributed by atoms with E-state index in [9.17, 15) is 17.8 Å². The van der Waals surface area contributed by atoms with Crippen molar-refractivity contribution in [3.8, 4) is 0 Å². The van der Waals surface area contributed by atoms with E-state index in [4.69, 9.17) is 9.47 Å². The first kappa shape index (κ1) is 24.4. The number of nitrogens with zero attached hydrogens (tertiary/aromatic N) is 2. The number of ether oxygens (including phenoxy) is 2. The van der Waals surface area contributed by atoms with E-state index in [1.807, 2.05) is 6.92 Å². The topological polar surface area (TPSA) is 139 Å². The summed E-state index contributed by atoms with van der Waals surface area (Å²) in [6.45, 7) is 4.69. The smallest absolute Gasteiger partial charge is 0.295 e. The number of hydrogen-bond acceptors (Lipinski definition) is 8. The molecule has 168 valence electrons. The van der Waals surface area contributed by atoms with Crippen LogP contribution in [-0.2, 0) is 19.6 Å². The fourth-order valence-electron chi connectivity index (χ4n) is 2.43. The van der Waals surface area contributed by atoms with Crippen LogP contribution in [-0.4, -0.2) is 63.0 Å². The van der Waals surface area contributed by atoms with Gasteiger partial charge in [0.05, 0.1) is 25.0 Å². The van der Waals surface area contributed by atoms with Gasteiger partial charge >= 0.3 is 0 Å². The third-order valence-electron chi connectivity index (χ3n) is 3.93. The van der Waals surface area contributed by atoms with Crippen LogP contribution < -0.4 is 10.7 Å². The normalized spacial score (nSPS) is 11.5. The number of anilines is 1. The number of hydrazone groups is 1. The van der Waals surface area contributed by atoms with Crippen molar-refractivity contribution in [3.63, 3.8) is 0 Å². The third kappa shape index (κ3) is 8.80. The number of aromatic nitrogens is 1. The minimum atomic E-state index is -4.35. The predicted molar refractivity (Wildman–Crippen MR) is 116 cm³/mol. The van der Waals surface area contributed by atoms with Crippen molar-refractivity contribution in [2.75, 3.05) is 38.4 Å². The van der Waals surface area contributed by atoms with Gasteiger partial charge in [-0.1, -0.05) is 18.2 Å². The van der Waals surface area contributed by atoms with Crippen molar-refractivity contribution in [2.24, 2.45) is 5.10 Å². The zero-order valence-electron chi connectivity index (χ0n) is 17.2. The molecular weight excluding hydrogens is 424 g/mol. The highest BCUT2D eigenvalue weighted by Gasteiger charge is 2.13. The summed E-state index contributed by atoms with van der Waals surface area (Å²) in [6.07, 6.45) is 3.34. The van der Waals surface area contributed by atoms with Crippen LogP contribution in [0.4, 0.5) is 5.82 Å². The number of carbonyl (C=O) groups is 1. The van der Waals surface area contributed by atoms with Crippen LogP contribution in [0.2, 0.25) is 0 Å². The van der Waals surface area contributed by atoms with E-state index < -0.39 is 10.1 Å². The van der Waals surface area contributed by atoms with Gasteiger partial charge in [-0.3, -0.25) is 14.8 Å². The second-order valence-electron chi connectivity index (χ2n) is 6.23. The van der Waals surface area contributed by atoms with Gasteiger partial charge in [-0.05, 0) is 31.5 Å². The summed E-state index contributed by atoms with van der Waals surface area (Å²) in [6, 6.07) is 9.04. The number of pyridine rings is 1. The molecule has 0 fully saturated rings. The molecule has 1 aromatic heterocycles. The van der Waals surface area contributed by atoms with Crippen molar-refractivity contribution in [1.29, 1.82) is 0 Å². The van der Waals surface area contributed by atoms with E-state index in [0.717, 1.165) is 0 Å². The Bertz CT molecular complexity index is 964. The SMILES string of the molecule is CCOCCOCCCNC(=O)c1ccc(N/N=C/c2ccccc2S(=O)(=O)O)nc1. The molecule has 0 atom stereocenters. The zero-order valence-corrected chi connectivity index (χ0v) is 18.0. The molecule has 1 heterocycles. The molecule has 0 aliphatic heterocycles. The summed E-state index contributed by atoms with van der Waals surface area (Å²) in [5.41, 5.74) is 3.25. The molecule has 0 spiro atoms. The molecule has 0 aliphatic carbocycles. The number of amides is 1. The number of nitrogens with one attached hydrogen (secondary N) is 2. The fraction of sp³-hybridized carbons (Fsp3) is 0.350. The standard InChI is InChI=1S/C20H26N4O6S/c1-2-29-12-13-30-11-5-10-21-20(25)17-8-9-19(22-14-17)24-23-15-16-6-3-4-7-18(16)31(26,27)28/h3-4,6-9,14-15H,2,5,10-13H2,1H3,(H,21,25)(H,22,24)(H,26,27,28)/b23-15+. The Hall–Kier alpha value is -2.86. The molecule has 0 saturated heterocycles. The zero-order chi connectivity index (χ0) is 22.5. The van der Waals surface area contributed by atoms with E-state index in [2.05, 4.69) is 20.8 Å². The van der Waals surface area contributed by atoms with Crippen molar-refractivity contribution in [2.45, 2.75) is 18.2 Å². The Kier molecular flexibility index (Phi) is 10.0.